The zero-order valence-electron chi connectivity index (χ0n) is 12.2. The number of fused-ring (bicyclic) bond motifs is 2. The van der Waals surface area contributed by atoms with Gasteiger partial charge in [0.05, 0.1) is 20.5 Å². The Kier molecular flexibility index (Phi) is 3.70. The van der Waals surface area contributed by atoms with Crippen molar-refractivity contribution in [2.45, 2.75) is 0 Å². The quantitative estimate of drug-likeness (QED) is 0.419. The number of ether oxygens (including phenoxy) is 4. The van der Waals surface area contributed by atoms with Crippen molar-refractivity contribution in [1.82, 2.24) is 0 Å². The second-order valence-corrected chi connectivity index (χ2v) is 4.54. The predicted molar refractivity (Wildman–Crippen MR) is 80.0 cm³/mol. The average Bonchev–Trinajstić information content (AvgIpc) is 2.57. The number of carbonyl (C=O) groups is 1. The maximum absolute atomic E-state index is 12.0. The molecule has 0 saturated carbocycles. The van der Waals surface area contributed by atoms with Gasteiger partial charge in [0.1, 0.15) is 5.57 Å². The molecule has 0 unspecified atom stereocenters. The number of benzene rings is 2. The number of methoxy groups -OCH3 is 2. The third-order valence-corrected chi connectivity index (χ3v) is 3.19. The molecule has 0 radical (unpaired) electrons. The molecule has 0 aromatic heterocycles. The molecule has 2 aromatic carbocycles. The van der Waals surface area contributed by atoms with Crippen LogP contribution in [0.4, 0.5) is 0 Å². The predicted octanol–water partition coefficient (Wildman–Crippen LogP) is 3.74. The first kappa shape index (κ1) is 14.0. The molecule has 5 heteroatoms. The zero-order valence-corrected chi connectivity index (χ0v) is 12.2. The minimum Gasteiger partial charge on any atom is -0.503 e. The molecule has 112 valence electrons. The van der Waals surface area contributed by atoms with E-state index < -0.39 is 5.97 Å². The van der Waals surface area contributed by atoms with Crippen molar-refractivity contribution in [2.24, 2.45) is 0 Å². The molecule has 0 N–H and O–H groups in total. The minimum absolute atomic E-state index is 0.254. The number of para-hydroxylation sites is 3. The van der Waals surface area contributed by atoms with E-state index >= 15 is 0 Å². The Morgan fingerprint density at radius 2 is 1.64 bits per heavy atom. The lowest BCUT2D eigenvalue weighted by Crippen LogP contribution is -2.08. The first-order chi connectivity index (χ1) is 10.7. The van der Waals surface area contributed by atoms with Gasteiger partial charge in [0.25, 0.3) is 0 Å². The van der Waals surface area contributed by atoms with Gasteiger partial charge in [-0.1, -0.05) is 18.2 Å². The van der Waals surface area contributed by atoms with Gasteiger partial charge in [-0.15, -0.1) is 0 Å². The van der Waals surface area contributed by atoms with Crippen molar-refractivity contribution in [2.75, 3.05) is 14.2 Å². The summed E-state index contributed by atoms with van der Waals surface area (Å²) >= 11 is 0. The largest absolute Gasteiger partial charge is 0.503 e. The lowest BCUT2D eigenvalue weighted by atomic mass is 10.0. The van der Waals surface area contributed by atoms with E-state index in [1.807, 2.05) is 18.2 Å². The third-order valence-electron chi connectivity index (χ3n) is 3.19. The zero-order chi connectivity index (χ0) is 15.5. The number of esters is 1. The van der Waals surface area contributed by atoms with Crippen LogP contribution in [0.25, 0.3) is 5.57 Å². The summed E-state index contributed by atoms with van der Waals surface area (Å²) in [4.78, 5) is 12.0. The van der Waals surface area contributed by atoms with Crippen molar-refractivity contribution < 1.29 is 23.7 Å². The van der Waals surface area contributed by atoms with E-state index in [0.29, 0.717) is 28.6 Å². The van der Waals surface area contributed by atoms with Crippen LogP contribution in [-0.2, 0) is 14.3 Å². The molecule has 0 fully saturated rings. The van der Waals surface area contributed by atoms with Crippen LogP contribution in [-0.4, -0.2) is 20.2 Å². The molecule has 22 heavy (non-hydrogen) atoms. The highest BCUT2D eigenvalue weighted by Gasteiger charge is 2.25. The highest BCUT2D eigenvalue weighted by atomic mass is 16.6. The Balaban J connectivity index is 2.10. The molecule has 1 aliphatic rings. The van der Waals surface area contributed by atoms with Gasteiger partial charge in [-0.25, -0.2) is 4.79 Å². The van der Waals surface area contributed by atoms with Gasteiger partial charge in [-0.2, -0.15) is 0 Å². The van der Waals surface area contributed by atoms with Crippen molar-refractivity contribution in [1.29, 1.82) is 0 Å². The van der Waals surface area contributed by atoms with Gasteiger partial charge in [0.15, 0.2) is 23.0 Å². The first-order valence-corrected chi connectivity index (χ1v) is 6.64. The van der Waals surface area contributed by atoms with Gasteiger partial charge in [0.2, 0.25) is 0 Å². The van der Waals surface area contributed by atoms with Crippen LogP contribution in [0, 0.1) is 0 Å². The summed E-state index contributed by atoms with van der Waals surface area (Å²) < 4.78 is 21.5. The van der Waals surface area contributed by atoms with Crippen LogP contribution in [0.2, 0.25) is 0 Å². The van der Waals surface area contributed by atoms with Crippen molar-refractivity contribution in [3.63, 3.8) is 0 Å². The highest BCUT2D eigenvalue weighted by molar-refractivity contribution is 6.17. The molecule has 0 atom stereocenters. The topological polar surface area (TPSA) is 54.0 Å². The molecule has 1 aliphatic heterocycles. The smallest absolute Gasteiger partial charge is 0.341 e. The molecule has 3 rings (SSSR count). The maximum Gasteiger partial charge on any atom is 0.341 e. The van der Waals surface area contributed by atoms with E-state index in [2.05, 4.69) is 0 Å². The van der Waals surface area contributed by atoms with E-state index in [1.165, 1.54) is 20.5 Å². The fourth-order valence-corrected chi connectivity index (χ4v) is 2.21. The molecular weight excluding hydrogens is 284 g/mol. The SMILES string of the molecule is COC=C(C(=O)OC)c1cccc2c1Oc1ccccc1O2. The van der Waals surface area contributed by atoms with Gasteiger partial charge in [-0.3, -0.25) is 0 Å². The Bertz CT molecular complexity index is 748. The van der Waals surface area contributed by atoms with E-state index in [1.54, 1.807) is 24.3 Å². The lowest BCUT2D eigenvalue weighted by molar-refractivity contribution is -0.133. The van der Waals surface area contributed by atoms with Crippen LogP contribution < -0.4 is 9.47 Å². The summed E-state index contributed by atoms with van der Waals surface area (Å²) in [5, 5.41) is 0. The molecule has 0 saturated heterocycles. The van der Waals surface area contributed by atoms with Gasteiger partial charge >= 0.3 is 5.97 Å². The molecule has 5 nitrogen and oxygen atoms in total. The molecular formula is C17H14O5. The van der Waals surface area contributed by atoms with E-state index in [-0.39, 0.29) is 5.57 Å². The van der Waals surface area contributed by atoms with Gasteiger partial charge in [0, 0.05) is 5.56 Å². The summed E-state index contributed by atoms with van der Waals surface area (Å²) in [5.41, 5.74) is 0.797. The number of hydrogen-bond donors (Lipinski definition) is 0. The fourth-order valence-electron chi connectivity index (χ4n) is 2.21. The summed E-state index contributed by atoms with van der Waals surface area (Å²) in [6.07, 6.45) is 1.32. The van der Waals surface area contributed by atoms with Crippen molar-refractivity contribution >= 4 is 11.5 Å². The summed E-state index contributed by atoms with van der Waals surface area (Å²) in [6.45, 7) is 0. The Morgan fingerprint density at radius 1 is 0.955 bits per heavy atom. The van der Waals surface area contributed by atoms with Crippen LogP contribution in [0.15, 0.2) is 48.7 Å². The Hall–Kier alpha value is -2.95. The van der Waals surface area contributed by atoms with E-state index in [9.17, 15) is 4.79 Å². The second-order valence-electron chi connectivity index (χ2n) is 4.54. The number of carbonyl (C=O) groups excluding carboxylic acids is 1. The summed E-state index contributed by atoms with van der Waals surface area (Å²) in [5.74, 6) is 1.68. The Morgan fingerprint density at radius 3 is 2.32 bits per heavy atom. The molecule has 1 heterocycles. The third kappa shape index (κ3) is 2.37. The van der Waals surface area contributed by atoms with Crippen LogP contribution >= 0.6 is 0 Å². The average molecular weight is 298 g/mol. The van der Waals surface area contributed by atoms with Gasteiger partial charge in [-0.05, 0) is 24.3 Å². The first-order valence-electron chi connectivity index (χ1n) is 6.64. The summed E-state index contributed by atoms with van der Waals surface area (Å²) in [6, 6.07) is 12.6. The second kappa shape index (κ2) is 5.81. The lowest BCUT2D eigenvalue weighted by Gasteiger charge is -2.22. The normalized spacial score (nSPS) is 12.4. The van der Waals surface area contributed by atoms with E-state index in [0.717, 1.165) is 0 Å². The number of hydrogen-bond acceptors (Lipinski definition) is 5. The minimum atomic E-state index is -0.516. The summed E-state index contributed by atoms with van der Waals surface area (Å²) in [7, 11) is 2.78. The maximum atomic E-state index is 12.0. The van der Waals surface area contributed by atoms with Crippen molar-refractivity contribution in [3.05, 3.63) is 54.3 Å². The Labute approximate surface area is 127 Å². The molecule has 0 amide bonds. The van der Waals surface area contributed by atoms with Gasteiger partial charge < -0.3 is 18.9 Å². The monoisotopic (exact) mass is 298 g/mol. The molecule has 0 aliphatic carbocycles. The van der Waals surface area contributed by atoms with Crippen LogP contribution in [0.3, 0.4) is 0 Å². The molecule has 0 bridgehead atoms. The van der Waals surface area contributed by atoms with Crippen LogP contribution in [0.1, 0.15) is 5.56 Å². The van der Waals surface area contributed by atoms with E-state index in [4.69, 9.17) is 18.9 Å². The number of rotatable bonds is 3. The fraction of sp³-hybridized carbons (Fsp3) is 0.118. The highest BCUT2D eigenvalue weighted by Crippen LogP contribution is 2.48. The molecule has 2 aromatic rings. The standard InChI is InChI=1S/C17H14O5/c1-19-10-12(17(18)20-2)11-6-5-9-15-16(11)22-14-8-4-3-7-13(14)21-15/h3-10H,1-2H3. The van der Waals surface area contributed by atoms with Crippen molar-refractivity contribution in [3.8, 4) is 23.0 Å². The molecule has 0 spiro atoms. The van der Waals surface area contributed by atoms with Crippen LogP contribution in [0.5, 0.6) is 23.0 Å².